The summed E-state index contributed by atoms with van der Waals surface area (Å²) in [6.07, 6.45) is 0. The summed E-state index contributed by atoms with van der Waals surface area (Å²) in [6.45, 7) is 2.94. The minimum absolute atomic E-state index is 0.377. The van der Waals surface area contributed by atoms with E-state index >= 15 is 0 Å². The first kappa shape index (κ1) is 11.6. The van der Waals surface area contributed by atoms with Crippen LogP contribution in [0.4, 0.5) is 5.69 Å². The highest BCUT2D eigenvalue weighted by Crippen LogP contribution is 2.25. The van der Waals surface area contributed by atoms with Crippen molar-refractivity contribution in [3.8, 4) is 11.5 Å². The van der Waals surface area contributed by atoms with Crippen LogP contribution in [0, 0.1) is 0 Å². The van der Waals surface area contributed by atoms with Gasteiger partial charge in [-0.1, -0.05) is 17.3 Å². The van der Waals surface area contributed by atoms with E-state index in [0.717, 1.165) is 11.3 Å². The Kier molecular flexibility index (Phi) is 3.72. The molecule has 2 rings (SSSR count). The standard InChI is InChI=1S/C12H15N3O2/c1-3-16-8-11-14-12(17-15-11)9-6-4-5-7-10(9)13-2/h4-7,13H,3,8H2,1-2H3. The number of nitrogens with one attached hydrogen (secondary N) is 1. The van der Waals surface area contributed by atoms with Crippen LogP contribution >= 0.6 is 0 Å². The number of rotatable bonds is 5. The minimum atomic E-state index is 0.377. The molecule has 17 heavy (non-hydrogen) atoms. The SMILES string of the molecule is CCOCc1noc(-c2ccccc2NC)n1. The van der Waals surface area contributed by atoms with E-state index in [4.69, 9.17) is 9.26 Å². The first-order valence-corrected chi connectivity index (χ1v) is 5.52. The molecule has 0 fully saturated rings. The Morgan fingerprint density at radius 1 is 1.35 bits per heavy atom. The van der Waals surface area contributed by atoms with E-state index in [-0.39, 0.29) is 0 Å². The fraction of sp³-hybridized carbons (Fsp3) is 0.333. The van der Waals surface area contributed by atoms with Crippen LogP contribution in [0.15, 0.2) is 28.8 Å². The van der Waals surface area contributed by atoms with Crippen LogP contribution in [0.2, 0.25) is 0 Å². The van der Waals surface area contributed by atoms with Crippen LogP contribution in [0.25, 0.3) is 11.5 Å². The molecule has 0 saturated carbocycles. The number of para-hydroxylation sites is 1. The molecule has 0 aliphatic heterocycles. The van der Waals surface area contributed by atoms with E-state index in [1.165, 1.54) is 0 Å². The maximum atomic E-state index is 5.22. The highest BCUT2D eigenvalue weighted by atomic mass is 16.5. The van der Waals surface area contributed by atoms with Gasteiger partial charge in [0.25, 0.3) is 5.89 Å². The van der Waals surface area contributed by atoms with Crippen molar-refractivity contribution >= 4 is 5.69 Å². The molecule has 0 aliphatic carbocycles. The molecule has 0 aliphatic rings. The molecule has 1 N–H and O–H groups in total. The van der Waals surface area contributed by atoms with Crippen LogP contribution in [0.5, 0.6) is 0 Å². The number of hydrogen-bond acceptors (Lipinski definition) is 5. The van der Waals surface area contributed by atoms with Gasteiger partial charge in [-0.3, -0.25) is 0 Å². The Balaban J connectivity index is 2.24. The molecule has 0 amide bonds. The van der Waals surface area contributed by atoms with Crippen LogP contribution < -0.4 is 5.32 Å². The fourth-order valence-corrected chi connectivity index (χ4v) is 1.50. The molecule has 0 atom stereocenters. The number of nitrogens with zero attached hydrogens (tertiary/aromatic N) is 2. The maximum Gasteiger partial charge on any atom is 0.260 e. The molecule has 5 nitrogen and oxygen atoms in total. The van der Waals surface area contributed by atoms with Gasteiger partial charge in [0.05, 0.1) is 5.56 Å². The van der Waals surface area contributed by atoms with Crippen molar-refractivity contribution in [3.05, 3.63) is 30.1 Å². The lowest BCUT2D eigenvalue weighted by Gasteiger charge is -2.03. The zero-order chi connectivity index (χ0) is 12.1. The third kappa shape index (κ3) is 2.62. The topological polar surface area (TPSA) is 60.2 Å². The average molecular weight is 233 g/mol. The normalized spacial score (nSPS) is 10.5. The van der Waals surface area contributed by atoms with Gasteiger partial charge in [0.2, 0.25) is 0 Å². The molecule has 0 spiro atoms. The van der Waals surface area contributed by atoms with Crippen LogP contribution in [0.1, 0.15) is 12.7 Å². The summed E-state index contributed by atoms with van der Waals surface area (Å²) in [7, 11) is 1.86. The van der Waals surface area contributed by atoms with Crippen molar-refractivity contribution in [2.45, 2.75) is 13.5 Å². The number of anilines is 1. The van der Waals surface area contributed by atoms with Gasteiger partial charge < -0.3 is 14.6 Å². The fourth-order valence-electron chi connectivity index (χ4n) is 1.50. The van der Waals surface area contributed by atoms with Gasteiger partial charge in [-0.05, 0) is 19.1 Å². The number of benzene rings is 1. The van der Waals surface area contributed by atoms with Gasteiger partial charge in [0, 0.05) is 19.3 Å². The Morgan fingerprint density at radius 2 is 2.18 bits per heavy atom. The predicted octanol–water partition coefficient (Wildman–Crippen LogP) is 2.31. The molecule has 1 aromatic carbocycles. The number of ether oxygens (including phenoxy) is 1. The quantitative estimate of drug-likeness (QED) is 0.858. The lowest BCUT2D eigenvalue weighted by atomic mass is 10.2. The van der Waals surface area contributed by atoms with E-state index in [2.05, 4.69) is 15.5 Å². The summed E-state index contributed by atoms with van der Waals surface area (Å²) >= 11 is 0. The Labute approximate surface area is 99.8 Å². The second-order valence-corrected chi connectivity index (χ2v) is 3.45. The van der Waals surface area contributed by atoms with Gasteiger partial charge in [-0.2, -0.15) is 4.98 Å². The van der Waals surface area contributed by atoms with Gasteiger partial charge in [0.15, 0.2) is 5.82 Å². The van der Waals surface area contributed by atoms with Gasteiger partial charge >= 0.3 is 0 Å². The average Bonchev–Trinajstić information content (AvgIpc) is 2.85. The van der Waals surface area contributed by atoms with Crippen LogP contribution in [-0.2, 0) is 11.3 Å². The van der Waals surface area contributed by atoms with E-state index < -0.39 is 0 Å². The number of aromatic nitrogens is 2. The van der Waals surface area contributed by atoms with Crippen LogP contribution in [-0.4, -0.2) is 23.8 Å². The van der Waals surface area contributed by atoms with Gasteiger partial charge in [0.1, 0.15) is 6.61 Å². The molecule has 0 radical (unpaired) electrons. The lowest BCUT2D eigenvalue weighted by molar-refractivity contribution is 0.126. The summed E-state index contributed by atoms with van der Waals surface area (Å²) in [5.41, 5.74) is 1.85. The molecule has 0 unspecified atom stereocenters. The first-order chi connectivity index (χ1) is 8.35. The van der Waals surface area contributed by atoms with Crippen molar-refractivity contribution in [3.63, 3.8) is 0 Å². The largest absolute Gasteiger partial charge is 0.387 e. The molecule has 90 valence electrons. The summed E-state index contributed by atoms with van der Waals surface area (Å²) in [5.74, 6) is 1.07. The molecule has 0 saturated heterocycles. The third-order valence-corrected chi connectivity index (χ3v) is 2.33. The zero-order valence-electron chi connectivity index (χ0n) is 9.93. The zero-order valence-corrected chi connectivity index (χ0v) is 9.93. The Bertz CT molecular complexity index is 482. The second-order valence-electron chi connectivity index (χ2n) is 3.45. The van der Waals surface area contributed by atoms with E-state index in [0.29, 0.717) is 24.9 Å². The van der Waals surface area contributed by atoms with Crippen molar-refractivity contribution < 1.29 is 9.26 Å². The molecule has 0 bridgehead atoms. The van der Waals surface area contributed by atoms with Crippen molar-refractivity contribution in [1.82, 2.24) is 10.1 Å². The van der Waals surface area contributed by atoms with Crippen LogP contribution in [0.3, 0.4) is 0 Å². The molecule has 2 aromatic rings. The summed E-state index contributed by atoms with van der Waals surface area (Å²) in [6, 6.07) is 7.78. The van der Waals surface area contributed by atoms with Crippen molar-refractivity contribution in [2.75, 3.05) is 19.0 Å². The number of hydrogen-bond donors (Lipinski definition) is 1. The third-order valence-electron chi connectivity index (χ3n) is 2.33. The van der Waals surface area contributed by atoms with Gasteiger partial charge in [-0.25, -0.2) is 0 Å². The molecular formula is C12H15N3O2. The highest BCUT2D eigenvalue weighted by Gasteiger charge is 2.11. The van der Waals surface area contributed by atoms with Crippen molar-refractivity contribution in [1.29, 1.82) is 0 Å². The van der Waals surface area contributed by atoms with E-state index in [9.17, 15) is 0 Å². The second kappa shape index (κ2) is 5.45. The molecule has 5 heteroatoms. The van der Waals surface area contributed by atoms with Gasteiger partial charge in [-0.15, -0.1) is 0 Å². The smallest absolute Gasteiger partial charge is 0.260 e. The summed E-state index contributed by atoms with van der Waals surface area (Å²) in [4.78, 5) is 4.28. The highest BCUT2D eigenvalue weighted by molar-refractivity contribution is 5.71. The minimum Gasteiger partial charge on any atom is -0.387 e. The Hall–Kier alpha value is -1.88. The molecule has 1 aromatic heterocycles. The Morgan fingerprint density at radius 3 is 2.94 bits per heavy atom. The summed E-state index contributed by atoms with van der Waals surface area (Å²) < 4.78 is 10.4. The lowest BCUT2D eigenvalue weighted by Crippen LogP contribution is -1.94. The summed E-state index contributed by atoms with van der Waals surface area (Å²) in [5, 5.41) is 6.95. The van der Waals surface area contributed by atoms with E-state index in [1.807, 2.05) is 38.2 Å². The monoisotopic (exact) mass is 233 g/mol. The molecular weight excluding hydrogens is 218 g/mol. The maximum absolute atomic E-state index is 5.22. The predicted molar refractivity (Wildman–Crippen MR) is 64.6 cm³/mol. The van der Waals surface area contributed by atoms with Crippen molar-refractivity contribution in [2.24, 2.45) is 0 Å². The molecule has 1 heterocycles. The van der Waals surface area contributed by atoms with E-state index in [1.54, 1.807) is 0 Å². The first-order valence-electron chi connectivity index (χ1n) is 5.52.